The van der Waals surface area contributed by atoms with E-state index in [0.717, 1.165) is 17.9 Å². The van der Waals surface area contributed by atoms with Gasteiger partial charge in [0.05, 0.1) is 0 Å². The lowest BCUT2D eigenvalue weighted by Crippen LogP contribution is -2.25. The SMILES string of the molecule is NCc1ccnc(N(Cc2ccsc2)C2CC2)c1. The molecule has 0 spiro atoms. The van der Waals surface area contributed by atoms with Crippen LogP contribution in [0.1, 0.15) is 24.0 Å². The molecule has 3 nitrogen and oxygen atoms in total. The number of rotatable bonds is 5. The zero-order valence-corrected chi connectivity index (χ0v) is 11.1. The molecule has 0 radical (unpaired) electrons. The van der Waals surface area contributed by atoms with Crippen molar-refractivity contribution in [3.8, 4) is 0 Å². The molecule has 94 valence electrons. The van der Waals surface area contributed by atoms with Gasteiger partial charge >= 0.3 is 0 Å². The van der Waals surface area contributed by atoms with Crippen molar-refractivity contribution >= 4 is 17.2 Å². The number of aromatic nitrogens is 1. The summed E-state index contributed by atoms with van der Waals surface area (Å²) in [5.41, 5.74) is 8.22. The normalized spacial score (nSPS) is 14.7. The van der Waals surface area contributed by atoms with Crippen molar-refractivity contribution in [1.29, 1.82) is 0 Å². The average molecular weight is 259 g/mol. The van der Waals surface area contributed by atoms with E-state index in [2.05, 4.69) is 32.8 Å². The van der Waals surface area contributed by atoms with E-state index in [-0.39, 0.29) is 0 Å². The summed E-state index contributed by atoms with van der Waals surface area (Å²) in [5.74, 6) is 1.06. The maximum atomic E-state index is 5.70. The molecule has 4 heteroatoms. The van der Waals surface area contributed by atoms with E-state index in [1.54, 1.807) is 11.3 Å². The number of nitrogens with two attached hydrogens (primary N) is 1. The molecule has 3 rings (SSSR count). The molecule has 0 aromatic carbocycles. The Kier molecular flexibility index (Phi) is 3.30. The predicted molar refractivity (Wildman–Crippen MR) is 75.7 cm³/mol. The maximum absolute atomic E-state index is 5.70. The molecule has 2 heterocycles. The van der Waals surface area contributed by atoms with Crippen LogP contribution in [0.25, 0.3) is 0 Å². The van der Waals surface area contributed by atoms with Gasteiger partial charge in [-0.2, -0.15) is 11.3 Å². The van der Waals surface area contributed by atoms with Gasteiger partial charge in [-0.1, -0.05) is 0 Å². The van der Waals surface area contributed by atoms with Crippen LogP contribution in [0.15, 0.2) is 35.2 Å². The van der Waals surface area contributed by atoms with Gasteiger partial charge < -0.3 is 10.6 Å². The first kappa shape index (κ1) is 11.7. The number of nitrogens with zero attached hydrogens (tertiary/aromatic N) is 2. The molecule has 1 fully saturated rings. The number of pyridine rings is 1. The fraction of sp³-hybridized carbons (Fsp3) is 0.357. The van der Waals surface area contributed by atoms with Gasteiger partial charge in [0.2, 0.25) is 0 Å². The molecule has 0 amide bonds. The minimum Gasteiger partial charge on any atom is -0.349 e. The third kappa shape index (κ3) is 2.54. The minimum atomic E-state index is 0.576. The number of thiophene rings is 1. The van der Waals surface area contributed by atoms with Crippen molar-refractivity contribution in [3.05, 3.63) is 46.3 Å². The Morgan fingerprint density at radius 1 is 1.33 bits per heavy atom. The predicted octanol–water partition coefficient (Wildman–Crippen LogP) is 2.77. The largest absolute Gasteiger partial charge is 0.349 e. The van der Waals surface area contributed by atoms with Gasteiger partial charge in [-0.25, -0.2) is 4.98 Å². The van der Waals surface area contributed by atoms with Crippen LogP contribution in [0.2, 0.25) is 0 Å². The quantitative estimate of drug-likeness (QED) is 0.897. The van der Waals surface area contributed by atoms with E-state index in [9.17, 15) is 0 Å². The maximum Gasteiger partial charge on any atom is 0.129 e. The highest BCUT2D eigenvalue weighted by atomic mass is 32.1. The van der Waals surface area contributed by atoms with Crippen LogP contribution in [0.4, 0.5) is 5.82 Å². The summed E-state index contributed by atoms with van der Waals surface area (Å²) >= 11 is 1.75. The molecule has 0 aliphatic heterocycles. The van der Waals surface area contributed by atoms with E-state index in [1.165, 1.54) is 18.4 Å². The van der Waals surface area contributed by atoms with E-state index in [0.29, 0.717) is 12.6 Å². The van der Waals surface area contributed by atoms with Gasteiger partial charge in [0.25, 0.3) is 0 Å². The second kappa shape index (κ2) is 5.08. The molecule has 2 aromatic heterocycles. The zero-order valence-electron chi connectivity index (χ0n) is 10.2. The third-order valence-electron chi connectivity index (χ3n) is 3.26. The Bertz CT molecular complexity index is 506. The molecule has 1 aliphatic rings. The summed E-state index contributed by atoms with van der Waals surface area (Å²) in [6.07, 6.45) is 4.41. The van der Waals surface area contributed by atoms with Crippen molar-refractivity contribution in [2.24, 2.45) is 5.73 Å². The molecule has 2 aromatic rings. The van der Waals surface area contributed by atoms with Gasteiger partial charge in [-0.15, -0.1) is 0 Å². The van der Waals surface area contributed by atoms with Gasteiger partial charge in [-0.05, 0) is 52.9 Å². The van der Waals surface area contributed by atoms with Crippen molar-refractivity contribution in [3.63, 3.8) is 0 Å². The highest BCUT2D eigenvalue weighted by Gasteiger charge is 2.30. The lowest BCUT2D eigenvalue weighted by atomic mass is 10.2. The third-order valence-corrected chi connectivity index (χ3v) is 3.99. The number of anilines is 1. The molecule has 1 aliphatic carbocycles. The van der Waals surface area contributed by atoms with Crippen LogP contribution >= 0.6 is 11.3 Å². The molecule has 0 atom stereocenters. The van der Waals surface area contributed by atoms with Crippen LogP contribution in [0.3, 0.4) is 0 Å². The van der Waals surface area contributed by atoms with Crippen LogP contribution in [-0.4, -0.2) is 11.0 Å². The molecule has 0 unspecified atom stereocenters. The highest BCUT2D eigenvalue weighted by molar-refractivity contribution is 7.07. The van der Waals surface area contributed by atoms with Crippen LogP contribution in [0.5, 0.6) is 0 Å². The molecule has 2 N–H and O–H groups in total. The number of hydrogen-bond donors (Lipinski definition) is 1. The summed E-state index contributed by atoms with van der Waals surface area (Å²) in [5, 5.41) is 4.34. The fourth-order valence-electron chi connectivity index (χ4n) is 2.11. The monoisotopic (exact) mass is 259 g/mol. The van der Waals surface area contributed by atoms with Crippen LogP contribution in [0, 0.1) is 0 Å². The second-order valence-electron chi connectivity index (χ2n) is 4.72. The first-order chi connectivity index (χ1) is 8.86. The zero-order chi connectivity index (χ0) is 12.4. The minimum absolute atomic E-state index is 0.576. The Balaban J connectivity index is 1.84. The first-order valence-corrected chi connectivity index (χ1v) is 7.24. The van der Waals surface area contributed by atoms with E-state index in [1.807, 2.05) is 12.3 Å². The van der Waals surface area contributed by atoms with Crippen molar-refractivity contribution in [2.45, 2.75) is 32.0 Å². The summed E-state index contributed by atoms with van der Waals surface area (Å²) in [7, 11) is 0. The van der Waals surface area contributed by atoms with Crippen molar-refractivity contribution in [1.82, 2.24) is 4.98 Å². The topological polar surface area (TPSA) is 42.1 Å². The number of hydrogen-bond acceptors (Lipinski definition) is 4. The van der Waals surface area contributed by atoms with Crippen LogP contribution < -0.4 is 10.6 Å². The Hall–Kier alpha value is -1.39. The lowest BCUT2D eigenvalue weighted by molar-refractivity contribution is 0.778. The Morgan fingerprint density at radius 3 is 2.89 bits per heavy atom. The van der Waals surface area contributed by atoms with Crippen LogP contribution in [-0.2, 0) is 13.1 Å². The smallest absolute Gasteiger partial charge is 0.129 e. The summed E-state index contributed by atoms with van der Waals surface area (Å²) < 4.78 is 0. The van der Waals surface area contributed by atoms with Gasteiger partial charge in [0.15, 0.2) is 0 Å². The molecular formula is C14H17N3S. The lowest BCUT2D eigenvalue weighted by Gasteiger charge is -2.23. The average Bonchev–Trinajstić information content (AvgIpc) is 3.13. The molecule has 18 heavy (non-hydrogen) atoms. The molecule has 1 saturated carbocycles. The summed E-state index contributed by atoms with van der Waals surface area (Å²) in [4.78, 5) is 6.91. The first-order valence-electron chi connectivity index (χ1n) is 6.29. The summed E-state index contributed by atoms with van der Waals surface area (Å²) in [6, 6.07) is 6.95. The molecule has 0 bridgehead atoms. The Labute approximate surface area is 111 Å². The van der Waals surface area contributed by atoms with Crippen molar-refractivity contribution < 1.29 is 0 Å². The van der Waals surface area contributed by atoms with E-state index in [4.69, 9.17) is 5.73 Å². The fourth-order valence-corrected chi connectivity index (χ4v) is 2.77. The van der Waals surface area contributed by atoms with Gasteiger partial charge in [-0.3, -0.25) is 0 Å². The second-order valence-corrected chi connectivity index (χ2v) is 5.50. The van der Waals surface area contributed by atoms with E-state index >= 15 is 0 Å². The van der Waals surface area contributed by atoms with Gasteiger partial charge in [0.1, 0.15) is 5.82 Å². The molecular weight excluding hydrogens is 242 g/mol. The Morgan fingerprint density at radius 2 is 2.22 bits per heavy atom. The van der Waals surface area contributed by atoms with Crippen molar-refractivity contribution in [2.75, 3.05) is 4.90 Å². The molecule has 0 saturated heterocycles. The summed E-state index contributed by atoms with van der Waals surface area (Å²) in [6.45, 7) is 1.53. The van der Waals surface area contributed by atoms with Gasteiger partial charge in [0, 0.05) is 25.3 Å². The standard InChI is InChI=1S/C14H17N3S/c15-8-11-3-5-16-14(7-11)17(13-1-2-13)9-12-4-6-18-10-12/h3-7,10,13H,1-2,8-9,15H2. The van der Waals surface area contributed by atoms with E-state index < -0.39 is 0 Å². The highest BCUT2D eigenvalue weighted by Crippen LogP contribution is 2.32.